The lowest BCUT2D eigenvalue weighted by molar-refractivity contribution is 0.0941. The van der Waals surface area contributed by atoms with Crippen LogP contribution in [0.25, 0.3) is 0 Å². The Bertz CT molecular complexity index is 714. The van der Waals surface area contributed by atoms with Gasteiger partial charge < -0.3 is 20.4 Å². The van der Waals surface area contributed by atoms with Gasteiger partial charge in [-0.25, -0.2) is 0 Å². The van der Waals surface area contributed by atoms with Crippen molar-refractivity contribution in [3.8, 4) is 0 Å². The molecule has 1 aliphatic rings. The topological polar surface area (TPSA) is 83.4 Å². The number of carbonyl (C=O) groups is 2. The minimum atomic E-state index is -0.342. The van der Waals surface area contributed by atoms with E-state index < -0.39 is 0 Å². The number of hydrogen-bond acceptors (Lipinski definition) is 4. The predicted octanol–water partition coefficient (Wildman–Crippen LogP) is 2.67. The molecule has 0 atom stereocenters. The first kappa shape index (κ1) is 18.5. The van der Waals surface area contributed by atoms with Crippen molar-refractivity contribution in [3.05, 3.63) is 52.4 Å². The molecule has 0 unspecified atom stereocenters. The molecule has 2 heterocycles. The standard InChI is InChI=1S/C16H16BrN3O3.ClH/c17-14-6-5-13(23-14)16(22)20-12-3-1-11(2-4-12)15(21)19-9-10-7-18-8-10;/h1-6,10,18H,7-9H2,(H,19,21)(H,20,22);1H. The highest BCUT2D eigenvalue weighted by atomic mass is 79.9. The van der Waals surface area contributed by atoms with Gasteiger partial charge in [-0.2, -0.15) is 0 Å². The summed E-state index contributed by atoms with van der Waals surface area (Å²) >= 11 is 3.15. The van der Waals surface area contributed by atoms with Gasteiger partial charge in [0.05, 0.1) is 0 Å². The molecule has 3 N–H and O–H groups in total. The first-order valence-electron chi connectivity index (χ1n) is 7.27. The first-order valence-corrected chi connectivity index (χ1v) is 8.07. The van der Waals surface area contributed by atoms with E-state index in [9.17, 15) is 9.59 Å². The number of benzene rings is 1. The normalized spacial score (nSPS) is 13.5. The smallest absolute Gasteiger partial charge is 0.291 e. The molecule has 24 heavy (non-hydrogen) atoms. The zero-order valence-corrected chi connectivity index (χ0v) is 15.1. The second-order valence-corrected chi connectivity index (χ2v) is 6.15. The van der Waals surface area contributed by atoms with Gasteiger partial charge in [-0.1, -0.05) is 0 Å². The van der Waals surface area contributed by atoms with Crippen LogP contribution in [0.15, 0.2) is 45.5 Å². The van der Waals surface area contributed by atoms with Crippen LogP contribution >= 0.6 is 28.3 Å². The summed E-state index contributed by atoms with van der Waals surface area (Å²) in [7, 11) is 0. The average Bonchev–Trinajstić information content (AvgIpc) is 2.93. The highest BCUT2D eigenvalue weighted by Crippen LogP contribution is 2.16. The van der Waals surface area contributed by atoms with Crippen molar-refractivity contribution in [3.63, 3.8) is 0 Å². The Morgan fingerprint density at radius 2 is 1.83 bits per heavy atom. The number of rotatable bonds is 5. The molecule has 0 saturated carbocycles. The summed E-state index contributed by atoms with van der Waals surface area (Å²) in [6, 6.07) is 9.98. The van der Waals surface area contributed by atoms with Gasteiger partial charge in [0.15, 0.2) is 10.4 Å². The second kappa shape index (κ2) is 8.32. The fourth-order valence-electron chi connectivity index (χ4n) is 2.17. The van der Waals surface area contributed by atoms with Gasteiger partial charge in [0.1, 0.15) is 0 Å². The van der Waals surface area contributed by atoms with E-state index >= 15 is 0 Å². The molecule has 128 valence electrons. The molecular formula is C16H17BrClN3O3. The average molecular weight is 415 g/mol. The SMILES string of the molecule is Cl.O=C(NCC1CNC1)c1ccc(NC(=O)c2ccc(Br)o2)cc1. The van der Waals surface area contributed by atoms with Crippen LogP contribution in [0, 0.1) is 5.92 Å². The van der Waals surface area contributed by atoms with Gasteiger partial charge in [-0.3, -0.25) is 9.59 Å². The molecule has 1 aromatic carbocycles. The van der Waals surface area contributed by atoms with Gasteiger partial charge in [-0.05, 0) is 52.3 Å². The zero-order chi connectivity index (χ0) is 16.2. The van der Waals surface area contributed by atoms with Gasteiger partial charge in [0, 0.05) is 36.8 Å². The number of furan rings is 1. The van der Waals surface area contributed by atoms with Crippen LogP contribution in [0.1, 0.15) is 20.9 Å². The lowest BCUT2D eigenvalue weighted by Crippen LogP contribution is -2.48. The Morgan fingerprint density at radius 3 is 2.38 bits per heavy atom. The number of hydrogen-bond donors (Lipinski definition) is 3. The van der Waals surface area contributed by atoms with Crippen LogP contribution in [0.5, 0.6) is 0 Å². The Morgan fingerprint density at radius 1 is 1.12 bits per heavy atom. The summed E-state index contributed by atoms with van der Waals surface area (Å²) in [6.07, 6.45) is 0. The third-order valence-electron chi connectivity index (χ3n) is 3.62. The summed E-state index contributed by atoms with van der Waals surface area (Å²) in [6.45, 7) is 2.58. The highest BCUT2D eigenvalue weighted by Gasteiger charge is 2.17. The number of anilines is 1. The third kappa shape index (κ3) is 4.59. The lowest BCUT2D eigenvalue weighted by atomic mass is 10.0. The number of nitrogens with one attached hydrogen (secondary N) is 3. The van der Waals surface area contributed by atoms with E-state index in [1.54, 1.807) is 36.4 Å². The van der Waals surface area contributed by atoms with E-state index in [0.29, 0.717) is 28.4 Å². The van der Waals surface area contributed by atoms with Crippen LogP contribution in [0.2, 0.25) is 0 Å². The number of carbonyl (C=O) groups excluding carboxylic acids is 2. The van der Waals surface area contributed by atoms with Crippen molar-refractivity contribution in [2.24, 2.45) is 5.92 Å². The van der Waals surface area contributed by atoms with Crippen molar-refractivity contribution >= 4 is 45.8 Å². The van der Waals surface area contributed by atoms with Crippen molar-refractivity contribution < 1.29 is 14.0 Å². The van der Waals surface area contributed by atoms with E-state index in [2.05, 4.69) is 31.9 Å². The van der Waals surface area contributed by atoms with Crippen LogP contribution in [0.4, 0.5) is 5.69 Å². The minimum Gasteiger partial charge on any atom is -0.444 e. The van der Waals surface area contributed by atoms with Crippen molar-refractivity contribution in [2.75, 3.05) is 25.0 Å². The molecule has 1 aromatic heterocycles. The van der Waals surface area contributed by atoms with E-state index in [4.69, 9.17) is 4.42 Å². The Balaban J connectivity index is 0.00000208. The second-order valence-electron chi connectivity index (χ2n) is 5.37. The number of amides is 2. The fourth-order valence-corrected chi connectivity index (χ4v) is 2.47. The van der Waals surface area contributed by atoms with E-state index in [0.717, 1.165) is 13.1 Å². The monoisotopic (exact) mass is 413 g/mol. The molecule has 0 radical (unpaired) electrons. The minimum absolute atomic E-state index is 0. The first-order chi connectivity index (χ1) is 11.1. The van der Waals surface area contributed by atoms with E-state index in [1.807, 2.05) is 0 Å². The third-order valence-corrected chi connectivity index (χ3v) is 4.05. The van der Waals surface area contributed by atoms with Crippen molar-refractivity contribution in [2.45, 2.75) is 0 Å². The zero-order valence-electron chi connectivity index (χ0n) is 12.7. The van der Waals surface area contributed by atoms with Crippen LogP contribution < -0.4 is 16.0 Å². The van der Waals surface area contributed by atoms with E-state index in [-0.39, 0.29) is 30.0 Å². The largest absolute Gasteiger partial charge is 0.444 e. The lowest BCUT2D eigenvalue weighted by Gasteiger charge is -2.27. The maximum Gasteiger partial charge on any atom is 0.291 e. The molecule has 2 amide bonds. The Labute approximate surface area is 153 Å². The summed E-state index contributed by atoms with van der Waals surface area (Å²) < 4.78 is 5.68. The molecule has 1 saturated heterocycles. The highest BCUT2D eigenvalue weighted by molar-refractivity contribution is 9.10. The summed E-state index contributed by atoms with van der Waals surface area (Å²) in [4.78, 5) is 24.0. The van der Waals surface area contributed by atoms with Crippen LogP contribution in [0.3, 0.4) is 0 Å². The van der Waals surface area contributed by atoms with Gasteiger partial charge in [0.2, 0.25) is 0 Å². The summed E-state index contributed by atoms with van der Waals surface area (Å²) in [5.74, 6) is 0.285. The molecule has 0 aliphatic carbocycles. The summed E-state index contributed by atoms with van der Waals surface area (Å²) in [5, 5.41) is 8.78. The predicted molar refractivity (Wildman–Crippen MR) is 96.7 cm³/mol. The summed E-state index contributed by atoms with van der Waals surface area (Å²) in [5.41, 5.74) is 1.17. The Kier molecular flexibility index (Phi) is 6.42. The molecule has 1 aliphatic heterocycles. The van der Waals surface area contributed by atoms with Gasteiger partial charge in [-0.15, -0.1) is 12.4 Å². The molecule has 0 bridgehead atoms. The molecule has 0 spiro atoms. The van der Waals surface area contributed by atoms with Gasteiger partial charge in [0.25, 0.3) is 11.8 Å². The fraction of sp³-hybridized carbons (Fsp3) is 0.250. The number of halogens is 2. The quantitative estimate of drug-likeness (QED) is 0.702. The molecule has 8 heteroatoms. The molecule has 1 fully saturated rings. The Hall–Kier alpha value is -1.83. The molecule has 6 nitrogen and oxygen atoms in total. The maximum absolute atomic E-state index is 12.0. The van der Waals surface area contributed by atoms with Crippen molar-refractivity contribution in [1.82, 2.24) is 10.6 Å². The van der Waals surface area contributed by atoms with Crippen LogP contribution in [-0.4, -0.2) is 31.4 Å². The van der Waals surface area contributed by atoms with E-state index in [1.165, 1.54) is 0 Å². The molecule has 2 aromatic rings. The molecular weight excluding hydrogens is 398 g/mol. The molecule has 3 rings (SSSR count). The maximum atomic E-state index is 12.0. The van der Waals surface area contributed by atoms with Crippen molar-refractivity contribution in [1.29, 1.82) is 0 Å². The van der Waals surface area contributed by atoms with Crippen LogP contribution in [-0.2, 0) is 0 Å². The van der Waals surface area contributed by atoms with Gasteiger partial charge >= 0.3 is 0 Å².